The SMILES string of the molecule is CNC1CCCCc2c(C)ccc(C)c21. The van der Waals surface area contributed by atoms with Crippen molar-refractivity contribution in [1.29, 1.82) is 0 Å². The van der Waals surface area contributed by atoms with Crippen molar-refractivity contribution >= 4 is 0 Å². The second kappa shape index (κ2) is 4.36. The van der Waals surface area contributed by atoms with Crippen molar-refractivity contribution < 1.29 is 0 Å². The highest BCUT2D eigenvalue weighted by Crippen LogP contribution is 2.32. The van der Waals surface area contributed by atoms with Gasteiger partial charge in [-0.3, -0.25) is 0 Å². The van der Waals surface area contributed by atoms with Gasteiger partial charge in [-0.2, -0.15) is 0 Å². The molecule has 0 radical (unpaired) electrons. The van der Waals surface area contributed by atoms with E-state index in [1.807, 2.05) is 0 Å². The van der Waals surface area contributed by atoms with Gasteiger partial charge in [0, 0.05) is 6.04 Å². The summed E-state index contributed by atoms with van der Waals surface area (Å²) in [5.41, 5.74) is 6.11. The lowest BCUT2D eigenvalue weighted by molar-refractivity contribution is 0.531. The van der Waals surface area contributed by atoms with Crippen LogP contribution in [0.5, 0.6) is 0 Å². The molecule has 82 valence electrons. The van der Waals surface area contributed by atoms with Crippen LogP contribution in [0.25, 0.3) is 0 Å². The lowest BCUT2D eigenvalue weighted by Crippen LogP contribution is -2.18. The lowest BCUT2D eigenvalue weighted by Gasteiger charge is -2.20. The van der Waals surface area contributed by atoms with Gasteiger partial charge in [0.15, 0.2) is 0 Å². The van der Waals surface area contributed by atoms with Gasteiger partial charge in [-0.1, -0.05) is 18.6 Å². The number of fused-ring (bicyclic) bond motifs is 1. The topological polar surface area (TPSA) is 12.0 Å². The van der Waals surface area contributed by atoms with Gasteiger partial charge in [-0.15, -0.1) is 0 Å². The summed E-state index contributed by atoms with van der Waals surface area (Å²) < 4.78 is 0. The molecule has 0 aromatic heterocycles. The Morgan fingerprint density at radius 2 is 1.87 bits per heavy atom. The lowest BCUT2D eigenvalue weighted by atomic mass is 9.91. The molecule has 0 bridgehead atoms. The van der Waals surface area contributed by atoms with E-state index in [-0.39, 0.29) is 0 Å². The summed E-state index contributed by atoms with van der Waals surface area (Å²) in [5.74, 6) is 0. The average molecular weight is 203 g/mol. The van der Waals surface area contributed by atoms with Crippen LogP contribution in [0.3, 0.4) is 0 Å². The Bertz CT molecular complexity index is 355. The zero-order valence-electron chi connectivity index (χ0n) is 10.1. The third-order valence-electron chi connectivity index (χ3n) is 3.68. The van der Waals surface area contributed by atoms with E-state index in [1.54, 1.807) is 11.1 Å². The van der Waals surface area contributed by atoms with E-state index >= 15 is 0 Å². The number of aryl methyl sites for hydroxylation is 2. The quantitative estimate of drug-likeness (QED) is 0.691. The van der Waals surface area contributed by atoms with Gasteiger partial charge in [0.05, 0.1) is 0 Å². The highest BCUT2D eigenvalue weighted by atomic mass is 14.9. The molecule has 0 saturated carbocycles. The van der Waals surface area contributed by atoms with Crippen LogP contribution in [0.2, 0.25) is 0 Å². The Labute approximate surface area is 92.9 Å². The zero-order chi connectivity index (χ0) is 10.8. The second-order valence-electron chi connectivity index (χ2n) is 4.68. The Kier molecular flexibility index (Phi) is 3.11. The van der Waals surface area contributed by atoms with Crippen LogP contribution in [-0.4, -0.2) is 7.05 Å². The van der Waals surface area contributed by atoms with E-state index in [0.29, 0.717) is 6.04 Å². The van der Waals surface area contributed by atoms with Crippen LogP contribution in [0.4, 0.5) is 0 Å². The number of hydrogen-bond acceptors (Lipinski definition) is 1. The summed E-state index contributed by atoms with van der Waals surface area (Å²) in [6.07, 6.45) is 5.24. The van der Waals surface area contributed by atoms with Crippen LogP contribution in [0.1, 0.15) is 47.6 Å². The first kappa shape index (κ1) is 10.7. The molecular formula is C14H21N. The van der Waals surface area contributed by atoms with Crippen LogP contribution >= 0.6 is 0 Å². The molecule has 2 rings (SSSR count). The predicted octanol–water partition coefficient (Wildman–Crippen LogP) is 3.29. The maximum absolute atomic E-state index is 3.47. The van der Waals surface area contributed by atoms with Crippen molar-refractivity contribution in [2.75, 3.05) is 7.05 Å². The largest absolute Gasteiger partial charge is 0.313 e. The Balaban J connectivity index is 2.54. The summed E-state index contributed by atoms with van der Waals surface area (Å²) in [7, 11) is 2.08. The molecule has 0 fully saturated rings. The van der Waals surface area contributed by atoms with Crippen molar-refractivity contribution in [2.45, 2.75) is 45.6 Å². The van der Waals surface area contributed by atoms with E-state index in [2.05, 4.69) is 38.3 Å². The first-order chi connectivity index (χ1) is 7.24. The van der Waals surface area contributed by atoms with E-state index in [4.69, 9.17) is 0 Å². The summed E-state index contributed by atoms with van der Waals surface area (Å²) in [5, 5.41) is 3.47. The first-order valence-electron chi connectivity index (χ1n) is 6.00. The number of hydrogen-bond donors (Lipinski definition) is 1. The number of benzene rings is 1. The fraction of sp³-hybridized carbons (Fsp3) is 0.571. The molecule has 1 atom stereocenters. The van der Waals surface area contributed by atoms with E-state index in [9.17, 15) is 0 Å². The van der Waals surface area contributed by atoms with E-state index in [0.717, 1.165) is 0 Å². The highest BCUT2D eigenvalue weighted by molar-refractivity contribution is 5.42. The van der Waals surface area contributed by atoms with Gasteiger partial charge >= 0.3 is 0 Å². The van der Waals surface area contributed by atoms with Crippen molar-refractivity contribution in [3.8, 4) is 0 Å². The van der Waals surface area contributed by atoms with Crippen molar-refractivity contribution in [3.63, 3.8) is 0 Å². The highest BCUT2D eigenvalue weighted by Gasteiger charge is 2.19. The van der Waals surface area contributed by atoms with Crippen molar-refractivity contribution in [3.05, 3.63) is 34.4 Å². The molecule has 1 aromatic rings. The van der Waals surface area contributed by atoms with E-state index in [1.165, 1.54) is 36.8 Å². The monoisotopic (exact) mass is 203 g/mol. The Morgan fingerprint density at radius 1 is 1.13 bits per heavy atom. The number of nitrogens with one attached hydrogen (secondary N) is 1. The number of rotatable bonds is 1. The van der Waals surface area contributed by atoms with Gasteiger partial charge in [-0.05, 0) is 62.4 Å². The van der Waals surface area contributed by atoms with Crippen LogP contribution in [0.15, 0.2) is 12.1 Å². The molecular weight excluding hydrogens is 182 g/mol. The van der Waals surface area contributed by atoms with E-state index < -0.39 is 0 Å². The Morgan fingerprint density at radius 3 is 2.60 bits per heavy atom. The predicted molar refractivity (Wildman–Crippen MR) is 65.3 cm³/mol. The summed E-state index contributed by atoms with van der Waals surface area (Å²) in [4.78, 5) is 0. The molecule has 1 heteroatoms. The molecule has 1 aromatic carbocycles. The molecule has 0 aliphatic heterocycles. The normalized spacial score (nSPS) is 20.9. The Hall–Kier alpha value is -0.820. The third kappa shape index (κ3) is 1.93. The molecule has 1 unspecified atom stereocenters. The maximum atomic E-state index is 3.47. The van der Waals surface area contributed by atoms with Crippen molar-refractivity contribution in [1.82, 2.24) is 5.32 Å². The fourth-order valence-electron chi connectivity index (χ4n) is 2.79. The first-order valence-corrected chi connectivity index (χ1v) is 6.00. The molecule has 15 heavy (non-hydrogen) atoms. The molecule has 0 saturated heterocycles. The standard InChI is InChI=1S/C14H21N/c1-10-8-9-11(2)14-12(10)6-4-5-7-13(14)15-3/h8-9,13,15H,4-7H2,1-3H3. The average Bonchev–Trinajstić information content (AvgIpc) is 2.46. The maximum Gasteiger partial charge on any atom is 0.0322 e. The summed E-state index contributed by atoms with van der Waals surface area (Å²) >= 11 is 0. The molecule has 1 N–H and O–H groups in total. The van der Waals surface area contributed by atoms with Gasteiger partial charge in [0.1, 0.15) is 0 Å². The van der Waals surface area contributed by atoms with Crippen LogP contribution in [-0.2, 0) is 6.42 Å². The third-order valence-corrected chi connectivity index (χ3v) is 3.68. The van der Waals surface area contributed by atoms with Crippen LogP contribution in [0, 0.1) is 13.8 Å². The summed E-state index contributed by atoms with van der Waals surface area (Å²) in [6.45, 7) is 4.49. The molecule has 1 nitrogen and oxygen atoms in total. The van der Waals surface area contributed by atoms with Gasteiger partial charge in [0.2, 0.25) is 0 Å². The minimum absolute atomic E-state index is 0.572. The smallest absolute Gasteiger partial charge is 0.0322 e. The minimum Gasteiger partial charge on any atom is -0.313 e. The zero-order valence-corrected chi connectivity index (χ0v) is 10.1. The fourth-order valence-corrected chi connectivity index (χ4v) is 2.79. The van der Waals surface area contributed by atoms with Gasteiger partial charge < -0.3 is 5.32 Å². The molecule has 1 aliphatic rings. The molecule has 0 heterocycles. The minimum atomic E-state index is 0.572. The van der Waals surface area contributed by atoms with Crippen LogP contribution < -0.4 is 5.32 Å². The molecule has 0 spiro atoms. The van der Waals surface area contributed by atoms with Crippen molar-refractivity contribution in [2.24, 2.45) is 0 Å². The molecule has 1 aliphatic carbocycles. The second-order valence-corrected chi connectivity index (χ2v) is 4.68. The summed E-state index contributed by atoms with van der Waals surface area (Å²) in [6, 6.07) is 5.11. The van der Waals surface area contributed by atoms with Gasteiger partial charge in [0.25, 0.3) is 0 Å². The molecule has 0 amide bonds. The van der Waals surface area contributed by atoms with Gasteiger partial charge in [-0.25, -0.2) is 0 Å².